The van der Waals surface area contributed by atoms with Crippen molar-refractivity contribution in [2.45, 2.75) is 6.92 Å². The van der Waals surface area contributed by atoms with Crippen LogP contribution >= 0.6 is 23.6 Å². The summed E-state index contributed by atoms with van der Waals surface area (Å²) in [6, 6.07) is 5.76. The lowest BCUT2D eigenvalue weighted by Gasteiger charge is -2.04. The van der Waals surface area contributed by atoms with E-state index in [0.717, 1.165) is 28.3 Å². The van der Waals surface area contributed by atoms with E-state index in [-0.39, 0.29) is 5.88 Å². The number of aromatic hydroxyl groups is 1. The van der Waals surface area contributed by atoms with E-state index in [1.807, 2.05) is 31.2 Å². The van der Waals surface area contributed by atoms with Gasteiger partial charge in [0.05, 0.1) is 17.7 Å². The molecule has 1 aliphatic heterocycles. The highest BCUT2D eigenvalue weighted by Gasteiger charge is 2.19. The molecule has 4 nitrogen and oxygen atoms in total. The number of fused-ring (bicyclic) bond motifs is 1. The summed E-state index contributed by atoms with van der Waals surface area (Å²) in [5, 5.41) is 9.81. The van der Waals surface area contributed by atoms with Crippen LogP contribution in [-0.2, 0) is 0 Å². The van der Waals surface area contributed by atoms with Gasteiger partial charge in [-0.15, -0.1) is 11.3 Å². The molecule has 1 aromatic carbocycles. The largest absolute Gasteiger partial charge is 0.497 e. The quantitative estimate of drug-likeness (QED) is 0.819. The lowest BCUT2D eigenvalue weighted by atomic mass is 10.0. The Balaban J connectivity index is 2.14. The summed E-state index contributed by atoms with van der Waals surface area (Å²) in [5.41, 5.74) is 3.79. The molecular weight excluding hydrogens is 292 g/mol. The molecule has 0 radical (unpaired) electrons. The zero-order chi connectivity index (χ0) is 14.3. The van der Waals surface area contributed by atoms with E-state index in [9.17, 15) is 5.11 Å². The van der Waals surface area contributed by atoms with Gasteiger partial charge in [-0.2, -0.15) is 0 Å². The first-order valence-electron chi connectivity index (χ1n) is 5.96. The van der Waals surface area contributed by atoms with Crippen molar-refractivity contribution in [1.82, 2.24) is 4.98 Å². The molecule has 0 spiro atoms. The third-order valence-corrected chi connectivity index (χ3v) is 4.27. The molecule has 2 heterocycles. The van der Waals surface area contributed by atoms with Crippen LogP contribution in [0.15, 0.2) is 23.2 Å². The van der Waals surface area contributed by atoms with Crippen molar-refractivity contribution in [2.24, 2.45) is 4.99 Å². The number of allylic oxidation sites excluding steroid dienone is 1. The molecule has 2 aromatic rings. The van der Waals surface area contributed by atoms with E-state index in [1.165, 1.54) is 11.3 Å². The standard InChI is InChI=1S/C14H12N2O2S2/c1-7-9(6-12-13(17)16-14(19)20-12)10-5-8(18-2)3-4-11(10)15-7/h3-6,17H,1-2H3,(H,16,19). The van der Waals surface area contributed by atoms with Crippen LogP contribution in [0.25, 0.3) is 11.6 Å². The number of benzene rings is 1. The van der Waals surface area contributed by atoms with Crippen LogP contribution in [0.5, 0.6) is 11.6 Å². The maximum absolute atomic E-state index is 9.81. The number of hydrogen-bond donors (Lipinski definition) is 2. The molecule has 0 fully saturated rings. The van der Waals surface area contributed by atoms with Crippen LogP contribution in [0.3, 0.4) is 0 Å². The average molecular weight is 304 g/mol. The zero-order valence-corrected chi connectivity index (χ0v) is 12.6. The smallest absolute Gasteiger partial charge is 0.207 e. The van der Waals surface area contributed by atoms with Gasteiger partial charge in [-0.25, -0.2) is 0 Å². The Morgan fingerprint density at radius 2 is 2.25 bits per heavy atom. The zero-order valence-electron chi connectivity index (χ0n) is 10.9. The number of H-pyrrole nitrogens is 1. The third kappa shape index (κ3) is 2.17. The summed E-state index contributed by atoms with van der Waals surface area (Å²) < 4.78 is 5.80. The number of nitrogens with one attached hydrogen (secondary N) is 1. The summed E-state index contributed by atoms with van der Waals surface area (Å²) in [4.78, 5) is 7.95. The van der Waals surface area contributed by atoms with Gasteiger partial charge in [0.2, 0.25) is 5.88 Å². The van der Waals surface area contributed by atoms with Gasteiger partial charge in [0.1, 0.15) is 5.75 Å². The van der Waals surface area contributed by atoms with Gasteiger partial charge in [-0.1, -0.05) is 0 Å². The van der Waals surface area contributed by atoms with E-state index in [2.05, 4.69) is 9.98 Å². The fraction of sp³-hybridized carbons (Fsp3) is 0.143. The Morgan fingerprint density at radius 3 is 2.90 bits per heavy atom. The molecule has 1 aliphatic rings. The van der Waals surface area contributed by atoms with Crippen molar-refractivity contribution in [3.05, 3.63) is 32.6 Å². The van der Waals surface area contributed by atoms with Crippen molar-refractivity contribution in [2.75, 3.05) is 7.11 Å². The van der Waals surface area contributed by atoms with Gasteiger partial charge in [0.15, 0.2) is 3.95 Å². The van der Waals surface area contributed by atoms with Crippen molar-refractivity contribution in [3.8, 4) is 11.6 Å². The van der Waals surface area contributed by atoms with Gasteiger partial charge in [0.25, 0.3) is 0 Å². The van der Waals surface area contributed by atoms with Crippen molar-refractivity contribution in [3.63, 3.8) is 0 Å². The summed E-state index contributed by atoms with van der Waals surface area (Å²) in [7, 11) is 1.64. The number of aliphatic imine (C=N–C) groups is 1. The number of hydrogen-bond acceptors (Lipinski definition) is 5. The molecule has 2 N–H and O–H groups in total. The number of aromatic nitrogens is 1. The normalized spacial score (nSPS) is 15.3. The van der Waals surface area contributed by atoms with Gasteiger partial charge in [-0.3, -0.25) is 4.99 Å². The number of ether oxygens (including phenoxy) is 1. The predicted octanol–water partition coefficient (Wildman–Crippen LogP) is 4.17. The number of thiazole rings is 1. The van der Waals surface area contributed by atoms with Crippen LogP contribution in [0.1, 0.15) is 17.4 Å². The molecule has 102 valence electrons. The SMILES string of the molecule is COc1ccc2c(c1)C(=Cc1sc(=S)[nH]c1O)C(C)=N2. The Kier molecular flexibility index (Phi) is 3.19. The van der Waals surface area contributed by atoms with Crippen LogP contribution < -0.4 is 4.74 Å². The number of rotatable bonds is 2. The molecule has 0 saturated heterocycles. The van der Waals surface area contributed by atoms with Crippen LogP contribution in [0.2, 0.25) is 0 Å². The lowest BCUT2D eigenvalue weighted by molar-refractivity contribution is 0.415. The monoisotopic (exact) mass is 304 g/mol. The van der Waals surface area contributed by atoms with Crippen LogP contribution in [-0.4, -0.2) is 22.9 Å². The summed E-state index contributed by atoms with van der Waals surface area (Å²) in [5.74, 6) is 0.877. The number of aromatic amines is 1. The molecule has 0 unspecified atom stereocenters. The number of methoxy groups -OCH3 is 1. The molecular formula is C14H12N2O2S2. The highest BCUT2D eigenvalue weighted by atomic mass is 32.1. The predicted molar refractivity (Wildman–Crippen MR) is 84.8 cm³/mol. The topological polar surface area (TPSA) is 57.6 Å². The second-order valence-corrected chi connectivity index (χ2v) is 6.08. The van der Waals surface area contributed by atoms with E-state index >= 15 is 0 Å². The van der Waals surface area contributed by atoms with Crippen LogP contribution in [0, 0.1) is 3.95 Å². The minimum absolute atomic E-state index is 0.0941. The molecule has 0 atom stereocenters. The molecule has 1 aromatic heterocycles. The molecule has 0 aliphatic carbocycles. The fourth-order valence-electron chi connectivity index (χ4n) is 2.13. The Labute approximate surface area is 125 Å². The van der Waals surface area contributed by atoms with Crippen molar-refractivity contribution >= 4 is 46.6 Å². The van der Waals surface area contributed by atoms with E-state index in [4.69, 9.17) is 17.0 Å². The molecule has 0 bridgehead atoms. The van der Waals surface area contributed by atoms with Gasteiger partial charge in [-0.05, 0) is 43.4 Å². The Bertz CT molecular complexity index is 800. The number of nitrogens with zero attached hydrogens (tertiary/aromatic N) is 1. The van der Waals surface area contributed by atoms with Gasteiger partial charge >= 0.3 is 0 Å². The molecule has 3 rings (SSSR count). The average Bonchev–Trinajstić information content (AvgIpc) is 2.90. The highest BCUT2D eigenvalue weighted by molar-refractivity contribution is 7.73. The van der Waals surface area contributed by atoms with Gasteiger partial charge < -0.3 is 14.8 Å². The minimum atomic E-state index is 0.0941. The van der Waals surface area contributed by atoms with Crippen LogP contribution in [0.4, 0.5) is 5.69 Å². The Morgan fingerprint density at radius 1 is 1.45 bits per heavy atom. The molecule has 0 amide bonds. The van der Waals surface area contributed by atoms with E-state index < -0.39 is 0 Å². The summed E-state index contributed by atoms with van der Waals surface area (Å²) in [6.45, 7) is 1.95. The van der Waals surface area contributed by atoms with Crippen molar-refractivity contribution < 1.29 is 9.84 Å². The lowest BCUT2D eigenvalue weighted by Crippen LogP contribution is -1.90. The first-order valence-corrected chi connectivity index (χ1v) is 7.19. The second-order valence-electron chi connectivity index (χ2n) is 4.37. The van der Waals surface area contributed by atoms with Crippen molar-refractivity contribution in [1.29, 1.82) is 0 Å². The van der Waals surface area contributed by atoms with Gasteiger partial charge in [0, 0.05) is 16.8 Å². The fourth-order valence-corrected chi connectivity index (χ4v) is 3.17. The molecule has 0 saturated carbocycles. The van der Waals surface area contributed by atoms with E-state index in [0.29, 0.717) is 8.83 Å². The molecule has 20 heavy (non-hydrogen) atoms. The highest BCUT2D eigenvalue weighted by Crippen LogP contribution is 2.39. The maximum atomic E-state index is 9.81. The Hall–Kier alpha value is -1.92. The summed E-state index contributed by atoms with van der Waals surface area (Å²) >= 11 is 6.37. The van der Waals surface area contributed by atoms with E-state index in [1.54, 1.807) is 7.11 Å². The second kappa shape index (κ2) is 4.88. The minimum Gasteiger partial charge on any atom is -0.497 e. The third-order valence-electron chi connectivity index (χ3n) is 3.10. The summed E-state index contributed by atoms with van der Waals surface area (Å²) in [6.07, 6.45) is 1.90. The first kappa shape index (κ1) is 13.1. The molecule has 6 heteroatoms. The maximum Gasteiger partial charge on any atom is 0.207 e. The first-order chi connectivity index (χ1) is 9.58.